The van der Waals surface area contributed by atoms with E-state index >= 15 is 0 Å². The second kappa shape index (κ2) is 6.38. The van der Waals surface area contributed by atoms with Crippen LogP contribution in [0.4, 0.5) is 5.69 Å². The maximum Gasteiger partial charge on any atom is 0.0992 e. The molecule has 0 spiro atoms. The van der Waals surface area contributed by atoms with E-state index in [1.807, 2.05) is 28.9 Å². The summed E-state index contributed by atoms with van der Waals surface area (Å²) >= 11 is 3.50. The molecule has 2 aromatic carbocycles. The minimum absolute atomic E-state index is 0.653. The molecule has 0 saturated heterocycles. The first-order chi connectivity index (χ1) is 12.2. The van der Waals surface area contributed by atoms with E-state index in [1.54, 1.807) is 0 Å². The molecule has 124 valence electrons. The van der Waals surface area contributed by atoms with Crippen molar-refractivity contribution in [2.75, 3.05) is 11.4 Å². The van der Waals surface area contributed by atoms with Gasteiger partial charge in [-0.3, -0.25) is 0 Å². The Bertz CT molecular complexity index is 966. The molecule has 0 atom stereocenters. The van der Waals surface area contributed by atoms with Crippen molar-refractivity contribution in [3.63, 3.8) is 0 Å². The largest absolute Gasteiger partial charge is 0.365 e. The van der Waals surface area contributed by atoms with Crippen molar-refractivity contribution in [2.45, 2.75) is 19.9 Å². The SMILES string of the molecule is Cc1nn(-c2cccc(C#N)c2)c2c1CCN(c1ccc(Br)cc1)C2. The first-order valence-electron chi connectivity index (χ1n) is 8.24. The summed E-state index contributed by atoms with van der Waals surface area (Å²) in [6.45, 7) is 3.87. The number of nitrogens with zero attached hydrogens (tertiary/aromatic N) is 4. The van der Waals surface area contributed by atoms with Gasteiger partial charge < -0.3 is 4.90 Å². The van der Waals surface area contributed by atoms with Gasteiger partial charge in [0, 0.05) is 22.3 Å². The highest BCUT2D eigenvalue weighted by atomic mass is 79.9. The predicted octanol–water partition coefficient (Wildman–Crippen LogP) is 4.38. The maximum atomic E-state index is 9.17. The Hall–Kier alpha value is -2.58. The van der Waals surface area contributed by atoms with E-state index in [2.05, 4.69) is 58.1 Å². The highest BCUT2D eigenvalue weighted by Gasteiger charge is 2.24. The van der Waals surface area contributed by atoms with Crippen molar-refractivity contribution < 1.29 is 0 Å². The molecule has 0 N–H and O–H groups in total. The number of rotatable bonds is 2. The highest BCUT2D eigenvalue weighted by Crippen LogP contribution is 2.29. The number of hydrogen-bond donors (Lipinski definition) is 0. The number of anilines is 1. The summed E-state index contributed by atoms with van der Waals surface area (Å²) in [4.78, 5) is 2.38. The first-order valence-corrected chi connectivity index (χ1v) is 9.03. The molecule has 0 aliphatic carbocycles. The van der Waals surface area contributed by atoms with Crippen LogP contribution in [0.15, 0.2) is 53.0 Å². The zero-order chi connectivity index (χ0) is 17.4. The second-order valence-electron chi connectivity index (χ2n) is 6.23. The molecule has 2 heterocycles. The topological polar surface area (TPSA) is 44.9 Å². The van der Waals surface area contributed by atoms with Gasteiger partial charge in [0.2, 0.25) is 0 Å². The third kappa shape index (κ3) is 2.94. The van der Waals surface area contributed by atoms with Crippen molar-refractivity contribution in [1.29, 1.82) is 5.26 Å². The van der Waals surface area contributed by atoms with Crippen molar-refractivity contribution in [1.82, 2.24) is 9.78 Å². The molecule has 25 heavy (non-hydrogen) atoms. The Kier molecular flexibility index (Phi) is 4.06. The summed E-state index contributed by atoms with van der Waals surface area (Å²) in [7, 11) is 0. The molecule has 0 amide bonds. The molecule has 0 unspecified atom stereocenters. The molecular formula is C20H17BrN4. The second-order valence-corrected chi connectivity index (χ2v) is 7.15. The number of hydrogen-bond acceptors (Lipinski definition) is 3. The van der Waals surface area contributed by atoms with Gasteiger partial charge in [-0.2, -0.15) is 10.4 Å². The van der Waals surface area contributed by atoms with Gasteiger partial charge in [0.1, 0.15) is 0 Å². The number of halogens is 1. The zero-order valence-corrected chi connectivity index (χ0v) is 15.5. The van der Waals surface area contributed by atoms with Crippen LogP contribution >= 0.6 is 15.9 Å². The molecule has 4 rings (SSSR count). The first kappa shape index (κ1) is 15.9. The summed E-state index contributed by atoms with van der Waals surface area (Å²) < 4.78 is 3.08. The summed E-state index contributed by atoms with van der Waals surface area (Å²) in [5.74, 6) is 0. The van der Waals surface area contributed by atoms with Crippen LogP contribution in [0, 0.1) is 18.3 Å². The quantitative estimate of drug-likeness (QED) is 0.649. The lowest BCUT2D eigenvalue weighted by Crippen LogP contribution is -2.31. The lowest BCUT2D eigenvalue weighted by molar-refractivity contribution is 0.687. The van der Waals surface area contributed by atoms with Crippen LogP contribution in [0.3, 0.4) is 0 Å². The van der Waals surface area contributed by atoms with Crippen LogP contribution < -0.4 is 4.90 Å². The molecule has 0 fully saturated rings. The van der Waals surface area contributed by atoms with Crippen LogP contribution in [-0.4, -0.2) is 16.3 Å². The Labute approximate surface area is 155 Å². The fraction of sp³-hybridized carbons (Fsp3) is 0.200. The Morgan fingerprint density at radius 1 is 1.12 bits per heavy atom. The molecule has 0 saturated carbocycles. The molecule has 5 heteroatoms. The van der Waals surface area contributed by atoms with Gasteiger partial charge in [0.05, 0.1) is 35.3 Å². The highest BCUT2D eigenvalue weighted by molar-refractivity contribution is 9.10. The van der Waals surface area contributed by atoms with E-state index in [4.69, 9.17) is 5.10 Å². The van der Waals surface area contributed by atoms with E-state index in [0.29, 0.717) is 5.56 Å². The normalized spacial score (nSPS) is 13.4. The minimum Gasteiger partial charge on any atom is -0.365 e. The number of fused-ring (bicyclic) bond motifs is 1. The Morgan fingerprint density at radius 3 is 2.68 bits per heavy atom. The molecule has 3 aromatic rings. The van der Waals surface area contributed by atoms with Crippen molar-refractivity contribution in [3.05, 3.63) is 75.5 Å². The molecule has 1 aliphatic rings. The van der Waals surface area contributed by atoms with E-state index in [9.17, 15) is 5.26 Å². The number of aryl methyl sites for hydroxylation is 1. The van der Waals surface area contributed by atoms with Gasteiger partial charge in [0.25, 0.3) is 0 Å². The monoisotopic (exact) mass is 392 g/mol. The van der Waals surface area contributed by atoms with Gasteiger partial charge in [0.15, 0.2) is 0 Å². The van der Waals surface area contributed by atoms with Gasteiger partial charge in [-0.15, -0.1) is 0 Å². The third-order valence-corrected chi connectivity index (χ3v) is 5.20. The molecule has 1 aromatic heterocycles. The molecule has 4 nitrogen and oxygen atoms in total. The van der Waals surface area contributed by atoms with Crippen LogP contribution in [-0.2, 0) is 13.0 Å². The van der Waals surface area contributed by atoms with E-state index in [0.717, 1.165) is 35.4 Å². The van der Waals surface area contributed by atoms with Gasteiger partial charge in [-0.1, -0.05) is 22.0 Å². The van der Waals surface area contributed by atoms with Gasteiger partial charge >= 0.3 is 0 Å². The van der Waals surface area contributed by atoms with Crippen molar-refractivity contribution in [3.8, 4) is 11.8 Å². The van der Waals surface area contributed by atoms with Crippen LogP contribution in [0.5, 0.6) is 0 Å². The average Bonchev–Trinajstić information content (AvgIpc) is 2.98. The van der Waals surface area contributed by atoms with Gasteiger partial charge in [-0.25, -0.2) is 4.68 Å². The Morgan fingerprint density at radius 2 is 1.92 bits per heavy atom. The average molecular weight is 393 g/mol. The van der Waals surface area contributed by atoms with Crippen LogP contribution in [0.2, 0.25) is 0 Å². The fourth-order valence-electron chi connectivity index (χ4n) is 3.39. The van der Waals surface area contributed by atoms with Crippen LogP contribution in [0.1, 0.15) is 22.5 Å². The van der Waals surface area contributed by atoms with E-state index in [1.165, 1.54) is 16.9 Å². The number of aromatic nitrogens is 2. The van der Waals surface area contributed by atoms with Gasteiger partial charge in [-0.05, 0) is 55.8 Å². The van der Waals surface area contributed by atoms with Crippen molar-refractivity contribution >= 4 is 21.6 Å². The molecule has 1 aliphatic heterocycles. The molecule has 0 radical (unpaired) electrons. The van der Waals surface area contributed by atoms with Crippen molar-refractivity contribution in [2.24, 2.45) is 0 Å². The summed E-state index contributed by atoms with van der Waals surface area (Å²) in [6.07, 6.45) is 0.981. The summed E-state index contributed by atoms with van der Waals surface area (Å²) in [6, 6.07) is 18.3. The number of benzene rings is 2. The van der Waals surface area contributed by atoms with E-state index in [-0.39, 0.29) is 0 Å². The standard InChI is InChI=1S/C20H17BrN4/c1-14-19-9-10-24(17-7-5-16(21)6-8-17)13-20(19)25(23-14)18-4-2-3-15(11-18)12-22/h2-8,11H,9-10,13H2,1H3. The lowest BCUT2D eigenvalue weighted by Gasteiger charge is -2.30. The molecular weight excluding hydrogens is 376 g/mol. The maximum absolute atomic E-state index is 9.17. The minimum atomic E-state index is 0.653. The Balaban J connectivity index is 1.74. The zero-order valence-electron chi connectivity index (χ0n) is 13.9. The smallest absolute Gasteiger partial charge is 0.0992 e. The summed E-state index contributed by atoms with van der Waals surface area (Å²) in [5, 5.41) is 13.9. The molecule has 0 bridgehead atoms. The number of nitriles is 1. The fourth-order valence-corrected chi connectivity index (χ4v) is 3.66. The van der Waals surface area contributed by atoms with E-state index < -0.39 is 0 Å². The summed E-state index contributed by atoms with van der Waals surface area (Å²) in [5.41, 5.74) is 6.43. The third-order valence-electron chi connectivity index (χ3n) is 4.67. The predicted molar refractivity (Wildman–Crippen MR) is 102 cm³/mol. The lowest BCUT2D eigenvalue weighted by atomic mass is 10.0. The van der Waals surface area contributed by atoms with Crippen LogP contribution in [0.25, 0.3) is 5.69 Å².